The Bertz CT molecular complexity index is 258. The van der Waals surface area contributed by atoms with Crippen LogP contribution in [0.15, 0.2) is 23.1 Å². The van der Waals surface area contributed by atoms with Crippen LogP contribution in [0, 0.1) is 6.92 Å². The zero-order valence-electron chi connectivity index (χ0n) is 6.01. The largest absolute Gasteiger partial charge is 0.143 e. The van der Waals surface area contributed by atoms with E-state index >= 15 is 0 Å². The molecule has 3 heteroatoms. The highest BCUT2D eigenvalue weighted by molar-refractivity contribution is 7.80. The molecule has 1 rings (SSSR count). The number of aryl methyl sites for hydroxylation is 1. The van der Waals surface area contributed by atoms with E-state index in [1.165, 1.54) is 0 Å². The summed E-state index contributed by atoms with van der Waals surface area (Å²) in [6.07, 6.45) is 0. The van der Waals surface area contributed by atoms with Crippen LogP contribution < -0.4 is 0 Å². The number of thiol groups is 1. The molecule has 0 aromatic heterocycles. The first-order chi connectivity index (χ1) is 5.11. The lowest BCUT2D eigenvalue weighted by Gasteiger charge is -2.05. The Morgan fingerprint density at radius 3 is 2.45 bits per heavy atom. The lowest BCUT2D eigenvalue weighted by molar-refractivity contribution is 1.21. The fraction of sp³-hybridized carbons (Fsp3) is 0.250. The molecule has 0 fully saturated rings. The van der Waals surface area contributed by atoms with Gasteiger partial charge in [0.15, 0.2) is 0 Å². The molecule has 0 nitrogen and oxygen atoms in total. The van der Waals surface area contributed by atoms with Gasteiger partial charge in [0.1, 0.15) is 4.84 Å². The van der Waals surface area contributed by atoms with Gasteiger partial charge in [-0.1, -0.05) is 17.7 Å². The highest BCUT2D eigenvalue weighted by Gasteiger charge is 2.06. The van der Waals surface area contributed by atoms with E-state index in [4.69, 9.17) is 23.2 Å². The molecule has 0 unspecified atom stereocenters. The maximum Gasteiger partial charge on any atom is 0.133 e. The van der Waals surface area contributed by atoms with Gasteiger partial charge in [-0.3, -0.25) is 0 Å². The normalized spacial score (nSPS) is 10.6. The smallest absolute Gasteiger partial charge is 0.133 e. The van der Waals surface area contributed by atoms with Gasteiger partial charge >= 0.3 is 0 Å². The van der Waals surface area contributed by atoms with Gasteiger partial charge in [0.2, 0.25) is 0 Å². The van der Waals surface area contributed by atoms with Crippen molar-refractivity contribution in [3.05, 3.63) is 29.3 Å². The van der Waals surface area contributed by atoms with E-state index in [2.05, 4.69) is 12.6 Å². The van der Waals surface area contributed by atoms with Gasteiger partial charge in [0.25, 0.3) is 0 Å². The maximum absolute atomic E-state index is 5.70. The minimum absolute atomic E-state index is 0.484. The van der Waals surface area contributed by atoms with Crippen molar-refractivity contribution < 1.29 is 0 Å². The van der Waals surface area contributed by atoms with Crippen molar-refractivity contribution in [1.29, 1.82) is 0 Å². The van der Waals surface area contributed by atoms with Gasteiger partial charge in [-0.25, -0.2) is 0 Å². The maximum atomic E-state index is 5.70. The lowest BCUT2D eigenvalue weighted by Crippen LogP contribution is -1.85. The topological polar surface area (TPSA) is 0 Å². The summed E-state index contributed by atoms with van der Waals surface area (Å²) in [5.74, 6) is 0. The summed E-state index contributed by atoms with van der Waals surface area (Å²) in [4.78, 5) is 0.355. The fourth-order valence-corrected chi connectivity index (χ4v) is 1.63. The van der Waals surface area contributed by atoms with Crippen molar-refractivity contribution in [3.8, 4) is 0 Å². The van der Waals surface area contributed by atoms with Crippen LogP contribution in [0.3, 0.4) is 0 Å². The summed E-state index contributed by atoms with van der Waals surface area (Å²) in [7, 11) is 0. The quantitative estimate of drug-likeness (QED) is 0.526. The molecule has 0 aliphatic rings. The van der Waals surface area contributed by atoms with Gasteiger partial charge in [-0.15, -0.1) is 35.8 Å². The second-order valence-electron chi connectivity index (χ2n) is 2.36. The minimum atomic E-state index is -0.484. The number of hydrogen-bond acceptors (Lipinski definition) is 1. The van der Waals surface area contributed by atoms with Crippen molar-refractivity contribution in [1.82, 2.24) is 0 Å². The third kappa shape index (κ3) is 2.29. The molecule has 11 heavy (non-hydrogen) atoms. The van der Waals surface area contributed by atoms with E-state index in [1.54, 1.807) is 0 Å². The first-order valence-corrected chi connectivity index (χ1v) is 4.51. The third-order valence-electron chi connectivity index (χ3n) is 1.42. The Hall–Kier alpha value is 0.150. The number of alkyl halides is 2. The predicted molar refractivity (Wildman–Crippen MR) is 52.9 cm³/mol. The SMILES string of the molecule is Cc1ccc(S)c(C(Cl)Cl)c1. The summed E-state index contributed by atoms with van der Waals surface area (Å²) in [6, 6.07) is 5.81. The molecule has 0 atom stereocenters. The van der Waals surface area contributed by atoms with Crippen molar-refractivity contribution in [2.24, 2.45) is 0 Å². The van der Waals surface area contributed by atoms with Crippen molar-refractivity contribution >= 4 is 35.8 Å². The molecule has 1 aromatic rings. The highest BCUT2D eigenvalue weighted by atomic mass is 35.5. The Morgan fingerprint density at radius 2 is 2.00 bits per heavy atom. The number of benzene rings is 1. The monoisotopic (exact) mass is 206 g/mol. The summed E-state index contributed by atoms with van der Waals surface area (Å²) >= 11 is 15.6. The van der Waals surface area contributed by atoms with Crippen LogP contribution in [0.25, 0.3) is 0 Å². The number of rotatable bonds is 1. The molecular weight excluding hydrogens is 199 g/mol. The van der Waals surface area contributed by atoms with Gasteiger partial charge in [-0.2, -0.15) is 0 Å². The molecule has 0 saturated carbocycles. The average molecular weight is 207 g/mol. The predicted octanol–water partition coefficient (Wildman–Crippen LogP) is 3.76. The Kier molecular flexibility index (Phi) is 3.11. The number of hydrogen-bond donors (Lipinski definition) is 1. The van der Waals surface area contributed by atoms with Crippen molar-refractivity contribution in [3.63, 3.8) is 0 Å². The lowest BCUT2D eigenvalue weighted by atomic mass is 10.2. The molecule has 0 heterocycles. The van der Waals surface area contributed by atoms with E-state index in [0.717, 1.165) is 16.0 Å². The highest BCUT2D eigenvalue weighted by Crippen LogP contribution is 2.30. The second-order valence-corrected chi connectivity index (χ2v) is 3.94. The second kappa shape index (κ2) is 3.70. The summed E-state index contributed by atoms with van der Waals surface area (Å²) in [5, 5.41) is 0. The van der Waals surface area contributed by atoms with Gasteiger partial charge in [0.05, 0.1) is 0 Å². The van der Waals surface area contributed by atoms with Gasteiger partial charge in [-0.05, 0) is 18.6 Å². The Balaban J connectivity index is 3.13. The van der Waals surface area contributed by atoms with Crippen molar-refractivity contribution in [2.45, 2.75) is 16.7 Å². The zero-order valence-corrected chi connectivity index (χ0v) is 8.42. The molecule has 0 aliphatic heterocycles. The third-order valence-corrected chi connectivity index (χ3v) is 2.30. The molecule has 1 aromatic carbocycles. The fourth-order valence-electron chi connectivity index (χ4n) is 0.849. The van der Waals surface area contributed by atoms with Crippen LogP contribution in [0.2, 0.25) is 0 Å². The first-order valence-electron chi connectivity index (χ1n) is 3.19. The summed E-state index contributed by atoms with van der Waals surface area (Å²) < 4.78 is 0. The molecule has 0 bridgehead atoms. The van der Waals surface area contributed by atoms with E-state index < -0.39 is 4.84 Å². The molecule has 0 spiro atoms. The molecule has 0 aliphatic carbocycles. The van der Waals surface area contributed by atoms with Crippen LogP contribution in [-0.4, -0.2) is 0 Å². The Morgan fingerprint density at radius 1 is 1.36 bits per heavy atom. The summed E-state index contributed by atoms with van der Waals surface area (Å²) in [5.41, 5.74) is 2.01. The van der Waals surface area contributed by atoms with Crippen LogP contribution in [0.4, 0.5) is 0 Å². The van der Waals surface area contributed by atoms with Crippen LogP contribution in [0.1, 0.15) is 16.0 Å². The van der Waals surface area contributed by atoms with Gasteiger partial charge < -0.3 is 0 Å². The molecular formula is C8H8Cl2S. The van der Waals surface area contributed by atoms with E-state index in [9.17, 15) is 0 Å². The van der Waals surface area contributed by atoms with Gasteiger partial charge in [0, 0.05) is 4.90 Å². The minimum Gasteiger partial charge on any atom is -0.143 e. The molecule has 0 saturated heterocycles. The van der Waals surface area contributed by atoms with E-state index in [-0.39, 0.29) is 0 Å². The zero-order chi connectivity index (χ0) is 8.43. The molecule has 0 radical (unpaired) electrons. The molecule has 60 valence electrons. The van der Waals surface area contributed by atoms with E-state index in [0.29, 0.717) is 0 Å². The molecule has 0 amide bonds. The molecule has 0 N–H and O–H groups in total. The Labute approximate surface area is 81.9 Å². The van der Waals surface area contributed by atoms with Crippen LogP contribution in [-0.2, 0) is 0 Å². The summed E-state index contributed by atoms with van der Waals surface area (Å²) in [6.45, 7) is 1.99. The number of halogens is 2. The first kappa shape index (κ1) is 9.24. The average Bonchev–Trinajstić information content (AvgIpc) is 1.94. The van der Waals surface area contributed by atoms with Crippen molar-refractivity contribution in [2.75, 3.05) is 0 Å². The van der Waals surface area contributed by atoms with E-state index in [1.807, 2.05) is 25.1 Å². The standard InChI is InChI=1S/C8H8Cl2S/c1-5-2-3-7(11)6(4-5)8(9)10/h2-4,8,11H,1H3. The van der Waals surface area contributed by atoms with Crippen LogP contribution in [0.5, 0.6) is 0 Å². The van der Waals surface area contributed by atoms with Crippen LogP contribution >= 0.6 is 35.8 Å².